The normalized spacial score (nSPS) is 11.2. The number of ether oxygens (including phenoxy) is 1. The summed E-state index contributed by atoms with van der Waals surface area (Å²) in [6, 6.07) is 8.05. The van der Waals surface area contributed by atoms with Gasteiger partial charge in [0.25, 0.3) is 0 Å². The van der Waals surface area contributed by atoms with Crippen molar-refractivity contribution in [2.75, 3.05) is 6.61 Å². The van der Waals surface area contributed by atoms with Crippen molar-refractivity contribution in [2.45, 2.75) is 27.7 Å². The number of carbonyl (C=O) groups excluding carboxylic acids is 1. The molecule has 0 saturated carbocycles. The molecule has 3 rings (SSSR count). The molecule has 1 heterocycles. The number of carbonyl (C=O) groups is 1. The Morgan fingerprint density at radius 2 is 1.90 bits per heavy atom. The fraction of sp³-hybridized carbons (Fsp3) is 0.278. The zero-order chi connectivity index (χ0) is 15.1. The van der Waals surface area contributed by atoms with Gasteiger partial charge in [0.15, 0.2) is 0 Å². The minimum absolute atomic E-state index is 0.268. The highest BCUT2D eigenvalue weighted by Crippen LogP contribution is 2.35. The monoisotopic (exact) mass is 282 g/mol. The van der Waals surface area contributed by atoms with Gasteiger partial charge in [-0.15, -0.1) is 0 Å². The first-order valence-corrected chi connectivity index (χ1v) is 7.13. The smallest absolute Gasteiger partial charge is 0.338 e. The van der Waals surface area contributed by atoms with E-state index >= 15 is 0 Å². The molecular weight excluding hydrogens is 264 g/mol. The largest absolute Gasteiger partial charge is 0.462 e. The van der Waals surface area contributed by atoms with Gasteiger partial charge >= 0.3 is 5.97 Å². The maximum atomic E-state index is 12.2. The van der Waals surface area contributed by atoms with E-state index in [4.69, 9.17) is 9.15 Å². The third-order valence-corrected chi connectivity index (χ3v) is 3.84. The van der Waals surface area contributed by atoms with Crippen LogP contribution in [0.4, 0.5) is 0 Å². The molecule has 0 bridgehead atoms. The summed E-state index contributed by atoms with van der Waals surface area (Å²) in [6.07, 6.45) is 0. The Morgan fingerprint density at radius 3 is 2.62 bits per heavy atom. The van der Waals surface area contributed by atoms with E-state index in [1.165, 1.54) is 0 Å². The first-order valence-electron chi connectivity index (χ1n) is 7.13. The Morgan fingerprint density at radius 1 is 1.14 bits per heavy atom. The minimum atomic E-state index is -0.268. The van der Waals surface area contributed by atoms with Crippen molar-refractivity contribution in [3.05, 3.63) is 46.5 Å². The van der Waals surface area contributed by atoms with E-state index in [-0.39, 0.29) is 5.97 Å². The Kier molecular flexibility index (Phi) is 3.20. The molecule has 0 saturated heterocycles. The SMILES string of the molecule is CCOC(=O)c1c(C)cc2oc3cc(C)ccc3c2c1C. The third kappa shape index (κ3) is 2.09. The van der Waals surface area contributed by atoms with Crippen LogP contribution in [0, 0.1) is 20.8 Å². The highest BCUT2D eigenvalue weighted by atomic mass is 16.5. The lowest BCUT2D eigenvalue weighted by Crippen LogP contribution is -2.09. The lowest BCUT2D eigenvalue weighted by Gasteiger charge is -2.09. The second kappa shape index (κ2) is 4.92. The summed E-state index contributed by atoms with van der Waals surface area (Å²) in [7, 11) is 0. The summed E-state index contributed by atoms with van der Waals surface area (Å²) < 4.78 is 11.1. The Labute approximate surface area is 123 Å². The summed E-state index contributed by atoms with van der Waals surface area (Å²) in [6.45, 7) is 8.10. The molecular formula is C18H18O3. The van der Waals surface area contributed by atoms with E-state index in [1.807, 2.05) is 45.9 Å². The highest BCUT2D eigenvalue weighted by Gasteiger charge is 2.19. The highest BCUT2D eigenvalue weighted by molar-refractivity contribution is 6.10. The number of aryl methyl sites for hydroxylation is 3. The second-order valence-electron chi connectivity index (χ2n) is 5.39. The molecule has 0 spiro atoms. The van der Waals surface area contributed by atoms with Crippen LogP contribution in [0.15, 0.2) is 28.7 Å². The minimum Gasteiger partial charge on any atom is -0.462 e. The summed E-state index contributed by atoms with van der Waals surface area (Å²) in [4.78, 5) is 12.2. The van der Waals surface area contributed by atoms with Crippen molar-refractivity contribution in [3.63, 3.8) is 0 Å². The Hall–Kier alpha value is -2.29. The zero-order valence-electron chi connectivity index (χ0n) is 12.7. The molecule has 0 amide bonds. The van der Waals surface area contributed by atoms with Crippen molar-refractivity contribution < 1.29 is 13.9 Å². The first kappa shape index (κ1) is 13.7. The van der Waals surface area contributed by atoms with Crippen LogP contribution in [0.25, 0.3) is 21.9 Å². The fourth-order valence-electron chi connectivity index (χ4n) is 2.92. The van der Waals surface area contributed by atoms with E-state index in [2.05, 4.69) is 6.07 Å². The lowest BCUT2D eigenvalue weighted by molar-refractivity contribution is 0.0525. The predicted octanol–water partition coefficient (Wildman–Crippen LogP) is 4.69. The Bertz CT molecular complexity index is 856. The van der Waals surface area contributed by atoms with Crippen LogP contribution < -0.4 is 0 Å². The van der Waals surface area contributed by atoms with E-state index in [9.17, 15) is 4.79 Å². The van der Waals surface area contributed by atoms with Gasteiger partial charge in [-0.3, -0.25) is 0 Å². The summed E-state index contributed by atoms with van der Waals surface area (Å²) >= 11 is 0. The molecule has 3 nitrogen and oxygen atoms in total. The topological polar surface area (TPSA) is 39.4 Å². The van der Waals surface area contributed by atoms with Crippen LogP contribution in [-0.4, -0.2) is 12.6 Å². The molecule has 0 N–H and O–H groups in total. The zero-order valence-corrected chi connectivity index (χ0v) is 12.7. The molecule has 3 heteroatoms. The van der Waals surface area contributed by atoms with Gasteiger partial charge in [0.05, 0.1) is 12.2 Å². The molecule has 0 unspecified atom stereocenters. The first-order chi connectivity index (χ1) is 10.0. The van der Waals surface area contributed by atoms with Gasteiger partial charge < -0.3 is 9.15 Å². The molecule has 0 aliphatic heterocycles. The van der Waals surface area contributed by atoms with Crippen molar-refractivity contribution in [2.24, 2.45) is 0 Å². The molecule has 3 aromatic rings. The maximum absolute atomic E-state index is 12.2. The van der Waals surface area contributed by atoms with Crippen LogP contribution in [0.3, 0.4) is 0 Å². The van der Waals surface area contributed by atoms with Gasteiger partial charge in [-0.2, -0.15) is 0 Å². The standard InChI is InChI=1S/C18H18O3/c1-5-20-18(19)16-11(3)9-15-17(12(16)4)13-7-6-10(2)8-14(13)21-15/h6-9H,5H2,1-4H3. The van der Waals surface area contributed by atoms with Crippen LogP contribution in [0.1, 0.15) is 34.0 Å². The van der Waals surface area contributed by atoms with Gasteiger partial charge in [-0.1, -0.05) is 12.1 Å². The molecule has 108 valence electrons. The summed E-state index contributed by atoms with van der Waals surface area (Å²) in [5.74, 6) is -0.268. The molecule has 0 radical (unpaired) electrons. The van der Waals surface area contributed by atoms with E-state index in [0.29, 0.717) is 12.2 Å². The average molecular weight is 282 g/mol. The molecule has 2 aromatic carbocycles. The molecule has 21 heavy (non-hydrogen) atoms. The predicted molar refractivity (Wildman–Crippen MR) is 83.9 cm³/mol. The van der Waals surface area contributed by atoms with Gasteiger partial charge in [-0.25, -0.2) is 4.79 Å². The molecule has 0 fully saturated rings. The maximum Gasteiger partial charge on any atom is 0.338 e. The van der Waals surface area contributed by atoms with Crippen molar-refractivity contribution in [1.82, 2.24) is 0 Å². The van der Waals surface area contributed by atoms with Gasteiger partial charge in [0, 0.05) is 10.8 Å². The second-order valence-corrected chi connectivity index (χ2v) is 5.39. The number of rotatable bonds is 2. The van der Waals surface area contributed by atoms with Crippen LogP contribution in [0.2, 0.25) is 0 Å². The van der Waals surface area contributed by atoms with Crippen molar-refractivity contribution in [3.8, 4) is 0 Å². The van der Waals surface area contributed by atoms with Gasteiger partial charge in [-0.05, 0) is 56.5 Å². The summed E-state index contributed by atoms with van der Waals surface area (Å²) in [5, 5.41) is 2.04. The Balaban J connectivity index is 2.37. The van der Waals surface area contributed by atoms with E-state index in [1.54, 1.807) is 0 Å². The quantitative estimate of drug-likeness (QED) is 0.640. The number of hydrogen-bond donors (Lipinski definition) is 0. The number of benzene rings is 2. The van der Waals surface area contributed by atoms with Crippen LogP contribution >= 0.6 is 0 Å². The van der Waals surface area contributed by atoms with Crippen molar-refractivity contribution in [1.29, 1.82) is 0 Å². The lowest BCUT2D eigenvalue weighted by atomic mass is 9.97. The molecule has 0 aliphatic carbocycles. The van der Waals surface area contributed by atoms with Crippen molar-refractivity contribution >= 4 is 27.9 Å². The molecule has 1 aromatic heterocycles. The van der Waals surface area contributed by atoms with E-state index < -0.39 is 0 Å². The van der Waals surface area contributed by atoms with E-state index in [0.717, 1.165) is 38.6 Å². The van der Waals surface area contributed by atoms with Gasteiger partial charge in [0.1, 0.15) is 11.2 Å². The van der Waals surface area contributed by atoms with Crippen LogP contribution in [-0.2, 0) is 4.74 Å². The summed E-state index contributed by atoms with van der Waals surface area (Å²) in [5.41, 5.74) is 5.28. The number of esters is 1. The number of hydrogen-bond acceptors (Lipinski definition) is 3. The molecule has 0 aliphatic rings. The fourth-order valence-corrected chi connectivity index (χ4v) is 2.92. The number of fused-ring (bicyclic) bond motifs is 3. The molecule has 0 atom stereocenters. The third-order valence-electron chi connectivity index (χ3n) is 3.84. The van der Waals surface area contributed by atoms with Gasteiger partial charge in [0.2, 0.25) is 0 Å². The number of furan rings is 1. The average Bonchev–Trinajstić information content (AvgIpc) is 2.75. The van der Waals surface area contributed by atoms with Crippen LogP contribution in [0.5, 0.6) is 0 Å².